The van der Waals surface area contributed by atoms with Gasteiger partial charge in [-0.05, 0) is 34.7 Å². The Morgan fingerprint density at radius 3 is 2.42 bits per heavy atom. The Labute approximate surface area is 212 Å². The standard InChI is InChI=1S/C30H33N3O3/c1-36-22-21-33-29(35)32(23-26-14-7-13-25-12-5-6-15-27(25)26)28(34)30(33)16-19-31(20-17-30)18-8-11-24-9-3-2-4-10-24/h2-15H,16-23H2,1H3. The lowest BCUT2D eigenvalue weighted by atomic mass is 9.85. The van der Waals surface area contributed by atoms with Gasteiger partial charge in [-0.25, -0.2) is 4.79 Å². The van der Waals surface area contributed by atoms with E-state index in [1.54, 1.807) is 12.0 Å². The van der Waals surface area contributed by atoms with E-state index >= 15 is 0 Å². The van der Waals surface area contributed by atoms with Crippen LogP contribution in [0.1, 0.15) is 24.0 Å². The molecular formula is C30H33N3O3. The van der Waals surface area contributed by atoms with E-state index in [4.69, 9.17) is 4.74 Å². The molecule has 0 bridgehead atoms. The first kappa shape index (κ1) is 24.2. The van der Waals surface area contributed by atoms with Crippen molar-refractivity contribution in [2.75, 3.05) is 39.9 Å². The minimum Gasteiger partial charge on any atom is -0.383 e. The van der Waals surface area contributed by atoms with Gasteiger partial charge in [-0.1, -0.05) is 84.9 Å². The summed E-state index contributed by atoms with van der Waals surface area (Å²) in [4.78, 5) is 33.1. The molecule has 2 saturated heterocycles. The molecule has 2 fully saturated rings. The second-order valence-corrected chi connectivity index (χ2v) is 9.60. The maximum Gasteiger partial charge on any atom is 0.328 e. The van der Waals surface area contributed by atoms with Crippen molar-refractivity contribution in [1.29, 1.82) is 0 Å². The Hall–Kier alpha value is -3.48. The SMILES string of the molecule is COCCN1C(=O)N(Cc2cccc3ccccc23)C(=O)C12CCN(CC=Cc1ccccc1)CC2. The predicted octanol–water partition coefficient (Wildman–Crippen LogP) is 4.80. The molecule has 2 aliphatic rings. The monoisotopic (exact) mass is 483 g/mol. The van der Waals surface area contributed by atoms with Crippen LogP contribution in [-0.4, -0.2) is 72.1 Å². The van der Waals surface area contributed by atoms with E-state index in [0.717, 1.165) is 36.0 Å². The predicted molar refractivity (Wildman–Crippen MR) is 142 cm³/mol. The van der Waals surface area contributed by atoms with E-state index < -0.39 is 5.54 Å². The number of carbonyl (C=O) groups is 2. The summed E-state index contributed by atoms with van der Waals surface area (Å²) < 4.78 is 5.31. The summed E-state index contributed by atoms with van der Waals surface area (Å²) in [6.07, 6.45) is 5.56. The molecule has 0 saturated carbocycles. The number of amides is 3. The average Bonchev–Trinajstić information content (AvgIpc) is 3.10. The normalized spacial score (nSPS) is 18.2. The summed E-state index contributed by atoms with van der Waals surface area (Å²) in [7, 11) is 1.63. The first-order valence-corrected chi connectivity index (χ1v) is 12.7. The van der Waals surface area contributed by atoms with Gasteiger partial charge in [0.2, 0.25) is 0 Å². The zero-order valence-electron chi connectivity index (χ0n) is 20.8. The first-order chi connectivity index (χ1) is 17.6. The van der Waals surface area contributed by atoms with Crippen LogP contribution in [-0.2, 0) is 16.1 Å². The number of benzene rings is 3. The molecule has 0 radical (unpaired) electrons. The molecule has 186 valence electrons. The van der Waals surface area contributed by atoms with Crippen molar-refractivity contribution in [3.05, 3.63) is 90.0 Å². The maximum atomic E-state index is 13.9. The Kier molecular flexibility index (Phi) is 7.16. The zero-order chi connectivity index (χ0) is 25.0. The zero-order valence-corrected chi connectivity index (χ0v) is 20.8. The highest BCUT2D eigenvalue weighted by molar-refractivity contribution is 6.07. The lowest BCUT2D eigenvalue weighted by Crippen LogP contribution is -2.57. The molecule has 36 heavy (non-hydrogen) atoms. The van der Waals surface area contributed by atoms with Gasteiger partial charge in [0, 0.05) is 33.3 Å². The topological polar surface area (TPSA) is 53.1 Å². The summed E-state index contributed by atoms with van der Waals surface area (Å²) in [5.74, 6) is -0.0731. The van der Waals surface area contributed by atoms with E-state index in [9.17, 15) is 9.59 Å². The first-order valence-electron chi connectivity index (χ1n) is 12.7. The van der Waals surface area contributed by atoms with Crippen molar-refractivity contribution in [3.63, 3.8) is 0 Å². The minimum atomic E-state index is -0.792. The third-order valence-electron chi connectivity index (χ3n) is 7.51. The van der Waals surface area contributed by atoms with Gasteiger partial charge in [-0.2, -0.15) is 0 Å². The van der Waals surface area contributed by atoms with Crippen LogP contribution in [0.25, 0.3) is 16.8 Å². The third kappa shape index (κ3) is 4.66. The highest BCUT2D eigenvalue weighted by Crippen LogP contribution is 2.38. The van der Waals surface area contributed by atoms with Gasteiger partial charge in [0.1, 0.15) is 5.54 Å². The van der Waals surface area contributed by atoms with Gasteiger partial charge in [-0.3, -0.25) is 14.6 Å². The van der Waals surface area contributed by atoms with Gasteiger partial charge in [0.15, 0.2) is 0 Å². The molecule has 6 heteroatoms. The number of rotatable bonds is 8. The van der Waals surface area contributed by atoms with Crippen molar-refractivity contribution < 1.29 is 14.3 Å². The Morgan fingerprint density at radius 2 is 1.64 bits per heavy atom. The quantitative estimate of drug-likeness (QED) is 0.432. The Balaban J connectivity index is 1.32. The fraction of sp³-hybridized carbons (Fsp3) is 0.333. The highest BCUT2D eigenvalue weighted by Gasteiger charge is 2.57. The summed E-state index contributed by atoms with van der Waals surface area (Å²) in [5, 5.41) is 2.18. The van der Waals surface area contributed by atoms with Crippen LogP contribution in [0.15, 0.2) is 78.9 Å². The van der Waals surface area contributed by atoms with E-state index in [1.807, 2.05) is 42.5 Å². The molecule has 2 heterocycles. The smallest absolute Gasteiger partial charge is 0.328 e. The highest BCUT2D eigenvalue weighted by atomic mass is 16.5. The molecule has 2 aliphatic heterocycles. The molecule has 5 rings (SSSR count). The van der Waals surface area contributed by atoms with Crippen molar-refractivity contribution in [2.45, 2.75) is 24.9 Å². The van der Waals surface area contributed by atoms with Gasteiger partial charge in [-0.15, -0.1) is 0 Å². The Morgan fingerprint density at radius 1 is 0.917 bits per heavy atom. The van der Waals surface area contributed by atoms with Gasteiger partial charge < -0.3 is 9.64 Å². The van der Waals surface area contributed by atoms with E-state index in [0.29, 0.717) is 26.0 Å². The molecule has 6 nitrogen and oxygen atoms in total. The number of hydrogen-bond acceptors (Lipinski definition) is 4. The fourth-order valence-electron chi connectivity index (χ4n) is 5.51. The van der Waals surface area contributed by atoms with Crippen LogP contribution in [0.5, 0.6) is 0 Å². The lowest BCUT2D eigenvalue weighted by molar-refractivity contribution is -0.136. The molecule has 3 amide bonds. The summed E-state index contributed by atoms with van der Waals surface area (Å²) in [6, 6.07) is 24.2. The number of likely N-dealkylation sites (tertiary alicyclic amines) is 1. The molecule has 3 aromatic rings. The number of imide groups is 1. The van der Waals surface area contributed by atoms with Crippen molar-refractivity contribution in [2.24, 2.45) is 0 Å². The number of fused-ring (bicyclic) bond motifs is 1. The average molecular weight is 484 g/mol. The molecule has 0 aromatic heterocycles. The number of methoxy groups -OCH3 is 1. The molecule has 3 aromatic carbocycles. The van der Waals surface area contributed by atoms with E-state index in [1.165, 1.54) is 10.5 Å². The largest absolute Gasteiger partial charge is 0.383 e. The van der Waals surface area contributed by atoms with Crippen LogP contribution in [0.3, 0.4) is 0 Å². The van der Waals surface area contributed by atoms with Crippen LogP contribution in [0, 0.1) is 0 Å². The lowest BCUT2D eigenvalue weighted by Gasteiger charge is -2.42. The molecule has 0 aliphatic carbocycles. The number of hydrogen-bond donors (Lipinski definition) is 0. The maximum absolute atomic E-state index is 13.9. The fourth-order valence-corrected chi connectivity index (χ4v) is 5.51. The third-order valence-corrected chi connectivity index (χ3v) is 7.51. The summed E-state index contributed by atoms with van der Waals surface area (Å²) in [5.41, 5.74) is 1.37. The minimum absolute atomic E-state index is 0.0731. The summed E-state index contributed by atoms with van der Waals surface area (Å²) in [6.45, 7) is 3.47. The number of carbonyl (C=O) groups excluding carboxylic acids is 2. The van der Waals surface area contributed by atoms with Gasteiger partial charge >= 0.3 is 6.03 Å². The van der Waals surface area contributed by atoms with Gasteiger partial charge in [0.05, 0.1) is 13.2 Å². The molecule has 1 spiro atoms. The molecule has 0 N–H and O–H groups in total. The molecule has 0 unspecified atom stereocenters. The van der Waals surface area contributed by atoms with E-state index in [-0.39, 0.29) is 18.5 Å². The van der Waals surface area contributed by atoms with E-state index in [2.05, 4.69) is 47.4 Å². The second-order valence-electron chi connectivity index (χ2n) is 9.60. The summed E-state index contributed by atoms with van der Waals surface area (Å²) >= 11 is 0. The van der Waals surface area contributed by atoms with Crippen molar-refractivity contribution in [1.82, 2.24) is 14.7 Å². The number of piperidine rings is 1. The second kappa shape index (κ2) is 10.6. The van der Waals surface area contributed by atoms with Gasteiger partial charge in [0.25, 0.3) is 5.91 Å². The number of nitrogens with zero attached hydrogens (tertiary/aromatic N) is 3. The van der Waals surface area contributed by atoms with Crippen molar-refractivity contribution in [3.8, 4) is 0 Å². The number of ether oxygens (including phenoxy) is 1. The van der Waals surface area contributed by atoms with Crippen LogP contribution >= 0.6 is 0 Å². The Bertz CT molecular complexity index is 1240. The van der Waals surface area contributed by atoms with Crippen LogP contribution < -0.4 is 0 Å². The number of urea groups is 1. The van der Waals surface area contributed by atoms with Crippen LogP contribution in [0.2, 0.25) is 0 Å². The van der Waals surface area contributed by atoms with Crippen molar-refractivity contribution >= 4 is 28.8 Å². The molecule has 0 atom stereocenters. The van der Waals surface area contributed by atoms with Crippen LogP contribution in [0.4, 0.5) is 4.79 Å². The molecular weight excluding hydrogens is 450 g/mol.